The highest BCUT2D eigenvalue weighted by molar-refractivity contribution is 5.71. The molecule has 29 heavy (non-hydrogen) atoms. The number of aromatic nitrogens is 4. The fourth-order valence-corrected chi connectivity index (χ4v) is 3.05. The van der Waals surface area contributed by atoms with E-state index in [2.05, 4.69) is 15.0 Å². The number of anilines is 1. The van der Waals surface area contributed by atoms with E-state index in [4.69, 9.17) is 10.5 Å². The van der Waals surface area contributed by atoms with Gasteiger partial charge in [-0.15, -0.1) is 0 Å². The largest absolute Gasteiger partial charge is 0.369 e. The monoisotopic (exact) mass is 392 g/mol. The Balaban J connectivity index is 1.85. The maximum Gasteiger partial charge on any atom is 0.280 e. The van der Waals surface area contributed by atoms with Gasteiger partial charge in [-0.05, 0) is 11.6 Å². The Morgan fingerprint density at radius 1 is 1.17 bits per heavy atom. The highest BCUT2D eigenvalue weighted by atomic mass is 16.6. The summed E-state index contributed by atoms with van der Waals surface area (Å²) in [6, 6.07) is 15.6. The highest BCUT2D eigenvalue weighted by Crippen LogP contribution is 2.31. The first kappa shape index (κ1) is 18.3. The van der Waals surface area contributed by atoms with Crippen LogP contribution < -0.4 is 11.3 Å². The zero-order chi connectivity index (χ0) is 20.4. The number of rotatable bonds is 6. The van der Waals surface area contributed by atoms with E-state index in [1.807, 2.05) is 30.3 Å². The molecule has 0 radical (unpaired) electrons. The van der Waals surface area contributed by atoms with Crippen LogP contribution in [0.15, 0.2) is 65.7 Å². The summed E-state index contributed by atoms with van der Waals surface area (Å²) < 4.78 is 7.53. The van der Waals surface area contributed by atoms with Crippen molar-refractivity contribution in [3.05, 3.63) is 92.5 Å². The van der Waals surface area contributed by atoms with E-state index in [0.29, 0.717) is 5.56 Å². The van der Waals surface area contributed by atoms with Crippen LogP contribution in [0.25, 0.3) is 11.2 Å². The summed E-state index contributed by atoms with van der Waals surface area (Å²) in [4.78, 5) is 33.8. The molecule has 1 atom stereocenters. The predicted molar refractivity (Wildman–Crippen MR) is 105 cm³/mol. The standard InChI is InChI=1S/C19H16N6O4/c20-19-22-16-15(17(26)23-19)21-11-24(16)18(29-10-12-6-2-1-3-7-12)13-8-4-5-9-14(13)25(27)28/h1-9,11,18H,10H2,(H3,20,22,23,26). The first-order valence-corrected chi connectivity index (χ1v) is 8.66. The molecule has 0 spiro atoms. The second-order valence-electron chi connectivity index (χ2n) is 6.24. The van der Waals surface area contributed by atoms with E-state index in [-0.39, 0.29) is 29.4 Å². The number of benzene rings is 2. The quantitative estimate of drug-likeness (QED) is 0.379. The summed E-state index contributed by atoms with van der Waals surface area (Å²) in [5.41, 5.74) is 6.46. The number of aromatic amines is 1. The number of fused-ring (bicyclic) bond motifs is 1. The Hall–Kier alpha value is -4.05. The average Bonchev–Trinajstić information content (AvgIpc) is 3.13. The minimum absolute atomic E-state index is 0.0612. The molecule has 0 fully saturated rings. The fraction of sp³-hybridized carbons (Fsp3) is 0.105. The first-order valence-electron chi connectivity index (χ1n) is 8.66. The van der Waals surface area contributed by atoms with Crippen molar-refractivity contribution in [3.8, 4) is 0 Å². The zero-order valence-electron chi connectivity index (χ0n) is 15.1. The smallest absolute Gasteiger partial charge is 0.280 e. The van der Waals surface area contributed by atoms with Crippen molar-refractivity contribution < 1.29 is 9.66 Å². The van der Waals surface area contributed by atoms with Crippen molar-refractivity contribution >= 4 is 22.8 Å². The van der Waals surface area contributed by atoms with Crippen LogP contribution in [0.2, 0.25) is 0 Å². The number of nitrogens with one attached hydrogen (secondary N) is 1. The molecule has 4 rings (SSSR count). The third-order valence-electron chi connectivity index (χ3n) is 4.35. The van der Waals surface area contributed by atoms with E-state index >= 15 is 0 Å². The van der Waals surface area contributed by atoms with Gasteiger partial charge in [-0.2, -0.15) is 4.98 Å². The SMILES string of the molecule is Nc1nc2c(ncn2C(OCc2ccccc2)c2ccccc2[N+](=O)[O-])c(=O)[nH]1. The first-order chi connectivity index (χ1) is 14.0. The Labute approximate surface area is 163 Å². The number of nitrogens with zero attached hydrogens (tertiary/aromatic N) is 4. The maximum atomic E-state index is 12.1. The zero-order valence-corrected chi connectivity index (χ0v) is 15.1. The molecule has 0 amide bonds. The van der Waals surface area contributed by atoms with Gasteiger partial charge in [0.05, 0.1) is 23.4 Å². The van der Waals surface area contributed by atoms with E-state index in [9.17, 15) is 14.9 Å². The molecule has 0 saturated carbocycles. The van der Waals surface area contributed by atoms with Crippen LogP contribution in [0.1, 0.15) is 17.4 Å². The lowest BCUT2D eigenvalue weighted by Gasteiger charge is -2.20. The number of nitrogens with two attached hydrogens (primary N) is 1. The van der Waals surface area contributed by atoms with Gasteiger partial charge in [-0.25, -0.2) is 4.98 Å². The van der Waals surface area contributed by atoms with Gasteiger partial charge in [0.25, 0.3) is 11.2 Å². The molecule has 0 saturated heterocycles. The fourth-order valence-electron chi connectivity index (χ4n) is 3.05. The van der Waals surface area contributed by atoms with Crippen molar-refractivity contribution in [2.75, 3.05) is 5.73 Å². The van der Waals surface area contributed by atoms with Gasteiger partial charge in [-0.3, -0.25) is 24.5 Å². The molecule has 2 aromatic carbocycles. The molecule has 2 heterocycles. The lowest BCUT2D eigenvalue weighted by molar-refractivity contribution is -0.386. The molecule has 2 aromatic heterocycles. The summed E-state index contributed by atoms with van der Waals surface area (Å²) >= 11 is 0. The Morgan fingerprint density at radius 2 is 1.90 bits per heavy atom. The molecule has 1 unspecified atom stereocenters. The Bertz CT molecular complexity index is 1230. The number of para-hydroxylation sites is 1. The van der Waals surface area contributed by atoms with Crippen molar-refractivity contribution in [3.63, 3.8) is 0 Å². The minimum Gasteiger partial charge on any atom is -0.369 e. The van der Waals surface area contributed by atoms with Gasteiger partial charge in [0, 0.05) is 6.07 Å². The molecule has 0 aliphatic rings. The Kier molecular flexibility index (Phi) is 4.75. The number of nitro groups is 1. The highest BCUT2D eigenvalue weighted by Gasteiger charge is 2.26. The van der Waals surface area contributed by atoms with Gasteiger partial charge in [0.1, 0.15) is 0 Å². The van der Waals surface area contributed by atoms with Crippen LogP contribution >= 0.6 is 0 Å². The van der Waals surface area contributed by atoms with Crippen LogP contribution in [0.4, 0.5) is 11.6 Å². The molecule has 0 bridgehead atoms. The molecule has 10 heteroatoms. The second-order valence-corrected chi connectivity index (χ2v) is 6.24. The summed E-state index contributed by atoms with van der Waals surface area (Å²) in [6.45, 7) is 0.176. The minimum atomic E-state index is -0.949. The molecular formula is C19H16N6O4. The summed E-state index contributed by atoms with van der Waals surface area (Å²) in [5.74, 6) is -0.0892. The number of ether oxygens (including phenoxy) is 1. The third kappa shape index (κ3) is 3.56. The molecule has 10 nitrogen and oxygen atoms in total. The predicted octanol–water partition coefficient (Wildman–Crippen LogP) is 2.37. The Morgan fingerprint density at radius 3 is 2.66 bits per heavy atom. The van der Waals surface area contributed by atoms with Crippen molar-refractivity contribution in [1.29, 1.82) is 0 Å². The van der Waals surface area contributed by atoms with Crippen LogP contribution in [0.5, 0.6) is 0 Å². The molecule has 3 N–H and O–H groups in total. The molecular weight excluding hydrogens is 376 g/mol. The van der Waals surface area contributed by atoms with Crippen molar-refractivity contribution in [2.24, 2.45) is 0 Å². The lowest BCUT2D eigenvalue weighted by atomic mass is 10.1. The number of hydrogen-bond acceptors (Lipinski definition) is 7. The average molecular weight is 392 g/mol. The van der Waals surface area contributed by atoms with Gasteiger partial charge >= 0.3 is 0 Å². The van der Waals surface area contributed by atoms with Gasteiger partial charge in [0.15, 0.2) is 17.4 Å². The molecule has 146 valence electrons. The second kappa shape index (κ2) is 7.52. The number of H-pyrrole nitrogens is 1. The molecule has 0 aliphatic carbocycles. The van der Waals surface area contributed by atoms with Gasteiger partial charge < -0.3 is 10.5 Å². The van der Waals surface area contributed by atoms with Crippen LogP contribution in [0, 0.1) is 10.1 Å². The summed E-state index contributed by atoms with van der Waals surface area (Å²) in [7, 11) is 0. The van der Waals surface area contributed by atoms with E-state index in [1.165, 1.54) is 17.0 Å². The maximum absolute atomic E-state index is 12.1. The number of imidazole rings is 1. The third-order valence-corrected chi connectivity index (χ3v) is 4.35. The topological polar surface area (TPSA) is 142 Å². The van der Waals surface area contributed by atoms with Crippen molar-refractivity contribution in [1.82, 2.24) is 19.5 Å². The van der Waals surface area contributed by atoms with E-state index < -0.39 is 16.7 Å². The van der Waals surface area contributed by atoms with Gasteiger partial charge in [-0.1, -0.05) is 42.5 Å². The molecule has 0 aliphatic heterocycles. The van der Waals surface area contributed by atoms with Gasteiger partial charge in [0.2, 0.25) is 5.95 Å². The number of hydrogen-bond donors (Lipinski definition) is 2. The normalized spacial score (nSPS) is 12.1. The lowest BCUT2D eigenvalue weighted by Crippen LogP contribution is -2.18. The van der Waals surface area contributed by atoms with Crippen molar-refractivity contribution in [2.45, 2.75) is 12.8 Å². The number of nitrogen functional groups attached to an aromatic ring is 1. The summed E-state index contributed by atoms with van der Waals surface area (Å²) in [6.07, 6.45) is 0.411. The van der Waals surface area contributed by atoms with E-state index in [1.54, 1.807) is 18.2 Å². The van der Waals surface area contributed by atoms with Crippen LogP contribution in [-0.4, -0.2) is 24.4 Å². The summed E-state index contributed by atoms with van der Waals surface area (Å²) in [5, 5.41) is 11.6. The van der Waals surface area contributed by atoms with E-state index in [0.717, 1.165) is 5.56 Å². The van der Waals surface area contributed by atoms with Crippen LogP contribution in [0.3, 0.4) is 0 Å². The van der Waals surface area contributed by atoms with Crippen LogP contribution in [-0.2, 0) is 11.3 Å². The number of nitro benzene ring substituents is 1. The molecule has 4 aromatic rings.